The number of hydrogen-bond acceptors (Lipinski definition) is 5. The van der Waals surface area contributed by atoms with Gasteiger partial charge in [0, 0.05) is 13.1 Å². The summed E-state index contributed by atoms with van der Waals surface area (Å²) in [6, 6.07) is 9.51. The fourth-order valence-electron chi connectivity index (χ4n) is 3.12. The highest BCUT2D eigenvalue weighted by atomic mass is 16.5. The summed E-state index contributed by atoms with van der Waals surface area (Å²) in [5, 5.41) is 24.4. The number of hydrogen-bond donors (Lipinski definition) is 6. The van der Waals surface area contributed by atoms with E-state index in [1.165, 1.54) is 0 Å². The van der Waals surface area contributed by atoms with Gasteiger partial charge in [0.25, 0.3) is 0 Å². The fourth-order valence-corrected chi connectivity index (χ4v) is 3.12. The monoisotopic (exact) mass is 389 g/mol. The fraction of sp³-hybridized carbons (Fsp3) is 0.500. The minimum atomic E-state index is -1.09. The molecular formula is C18H28BN5O4. The van der Waals surface area contributed by atoms with Gasteiger partial charge in [-0.25, -0.2) is 0 Å². The number of benzene rings is 1. The number of nitrogens with two attached hydrogens (primary N) is 1. The molecule has 1 atom stereocenters. The van der Waals surface area contributed by atoms with Crippen LogP contribution in [0.3, 0.4) is 0 Å². The zero-order chi connectivity index (χ0) is 20.4. The summed E-state index contributed by atoms with van der Waals surface area (Å²) in [4.78, 5) is 25.6. The summed E-state index contributed by atoms with van der Waals surface area (Å²) < 4.78 is 5.17. The second-order valence-corrected chi connectivity index (χ2v) is 6.84. The molecule has 0 radical (unpaired) electrons. The largest absolute Gasteiger partial charge is 0.436 e. The molecule has 0 unspecified atom stereocenters. The van der Waals surface area contributed by atoms with Crippen molar-refractivity contribution in [3.8, 4) is 0 Å². The second kappa shape index (κ2) is 10.7. The maximum atomic E-state index is 12.8. The average Bonchev–Trinajstić information content (AvgIpc) is 2.63. The molecule has 0 aliphatic heterocycles. The zero-order valence-electron chi connectivity index (χ0n) is 15.9. The number of amides is 2. The average molecular weight is 389 g/mol. The predicted octanol–water partition coefficient (Wildman–Crippen LogP) is -0.546. The van der Waals surface area contributed by atoms with Gasteiger partial charge in [0.05, 0.1) is 0 Å². The maximum Gasteiger partial charge on any atom is 0.436 e. The van der Waals surface area contributed by atoms with Gasteiger partial charge in [-0.2, -0.15) is 0 Å². The van der Waals surface area contributed by atoms with Crippen molar-refractivity contribution >= 4 is 25.5 Å². The lowest BCUT2D eigenvalue weighted by molar-refractivity contribution is -0.151. The van der Waals surface area contributed by atoms with Crippen LogP contribution in [0.2, 0.25) is 0 Å². The van der Waals surface area contributed by atoms with E-state index in [9.17, 15) is 9.59 Å². The van der Waals surface area contributed by atoms with E-state index >= 15 is 0 Å². The van der Waals surface area contributed by atoms with Crippen molar-refractivity contribution in [2.45, 2.75) is 44.9 Å². The third kappa shape index (κ3) is 5.96. The number of guanidine groups is 1. The minimum Gasteiger partial charge on any atom is -0.430 e. The Morgan fingerprint density at radius 2 is 1.96 bits per heavy atom. The van der Waals surface area contributed by atoms with Gasteiger partial charge in [0.15, 0.2) is 5.96 Å². The Hall–Kier alpha value is -2.59. The molecule has 1 aliphatic rings. The molecule has 1 aromatic carbocycles. The van der Waals surface area contributed by atoms with Gasteiger partial charge < -0.3 is 31.4 Å². The van der Waals surface area contributed by atoms with Crippen LogP contribution in [0.1, 0.15) is 37.7 Å². The van der Waals surface area contributed by atoms with Gasteiger partial charge in [-0.1, -0.05) is 36.8 Å². The molecule has 2 amide bonds. The van der Waals surface area contributed by atoms with E-state index in [-0.39, 0.29) is 17.8 Å². The molecule has 1 fully saturated rings. The Bertz CT molecular complexity index is 669. The Balaban J connectivity index is 1.89. The van der Waals surface area contributed by atoms with Crippen molar-refractivity contribution in [1.29, 1.82) is 5.41 Å². The molecule has 1 saturated carbocycles. The van der Waals surface area contributed by atoms with E-state index < -0.39 is 19.3 Å². The third-order valence-electron chi connectivity index (χ3n) is 4.90. The van der Waals surface area contributed by atoms with Gasteiger partial charge >= 0.3 is 7.69 Å². The first-order valence-electron chi connectivity index (χ1n) is 9.41. The SMILES string of the molecule is N=C(N)NCCC[C@H](NC(=O)C1(C(=O)NCc2ccccc2)CCC1)OBO. The van der Waals surface area contributed by atoms with E-state index in [1.807, 2.05) is 30.3 Å². The highest BCUT2D eigenvalue weighted by Gasteiger charge is 2.51. The highest BCUT2D eigenvalue weighted by Crippen LogP contribution is 2.41. The van der Waals surface area contributed by atoms with Gasteiger partial charge in [0.2, 0.25) is 11.8 Å². The molecule has 7 N–H and O–H groups in total. The first-order valence-corrected chi connectivity index (χ1v) is 9.41. The highest BCUT2D eigenvalue weighted by molar-refractivity contribution is 6.16. The van der Waals surface area contributed by atoms with Crippen LogP contribution in [0.15, 0.2) is 30.3 Å². The molecule has 10 heteroatoms. The normalized spacial score (nSPS) is 15.6. The molecule has 0 bridgehead atoms. The topological polar surface area (TPSA) is 150 Å². The molecule has 152 valence electrons. The molecule has 0 aromatic heterocycles. The van der Waals surface area contributed by atoms with E-state index in [1.54, 1.807) is 0 Å². The molecular weight excluding hydrogens is 361 g/mol. The number of rotatable bonds is 11. The number of carbonyl (C=O) groups excluding carboxylic acids is 2. The maximum absolute atomic E-state index is 12.8. The summed E-state index contributed by atoms with van der Waals surface area (Å²) >= 11 is 0. The lowest BCUT2D eigenvalue weighted by Crippen LogP contribution is -2.57. The smallest absolute Gasteiger partial charge is 0.430 e. The van der Waals surface area contributed by atoms with Crippen molar-refractivity contribution in [2.24, 2.45) is 11.1 Å². The Morgan fingerprint density at radius 3 is 2.54 bits per heavy atom. The molecule has 9 nitrogen and oxygen atoms in total. The molecule has 0 heterocycles. The molecule has 0 saturated heterocycles. The van der Waals surface area contributed by atoms with Gasteiger partial charge in [0.1, 0.15) is 11.6 Å². The van der Waals surface area contributed by atoms with E-state index in [0.717, 1.165) is 12.0 Å². The van der Waals surface area contributed by atoms with Gasteiger partial charge in [-0.3, -0.25) is 15.0 Å². The third-order valence-corrected chi connectivity index (χ3v) is 4.90. The predicted molar refractivity (Wildman–Crippen MR) is 106 cm³/mol. The van der Waals surface area contributed by atoms with Crippen LogP contribution in [0.5, 0.6) is 0 Å². The van der Waals surface area contributed by atoms with Crippen molar-refractivity contribution in [1.82, 2.24) is 16.0 Å². The molecule has 1 aliphatic carbocycles. The molecule has 1 aromatic rings. The van der Waals surface area contributed by atoms with Gasteiger partial charge in [-0.15, -0.1) is 0 Å². The molecule has 28 heavy (non-hydrogen) atoms. The van der Waals surface area contributed by atoms with Crippen molar-refractivity contribution < 1.29 is 19.3 Å². The lowest BCUT2D eigenvalue weighted by atomic mass is 9.67. The van der Waals surface area contributed by atoms with E-state index in [2.05, 4.69) is 16.0 Å². The van der Waals surface area contributed by atoms with Gasteiger partial charge in [-0.05, 0) is 31.2 Å². The second-order valence-electron chi connectivity index (χ2n) is 6.84. The lowest BCUT2D eigenvalue weighted by Gasteiger charge is -2.39. The standard InChI is InChI=1S/C18H28BN5O4/c20-17(21)22-11-4-8-14(28-19-27)24-16(26)18(9-5-10-18)15(25)23-12-13-6-2-1-3-7-13/h1-3,6-7,14,19,27H,4-5,8-12H2,(H,23,25)(H,24,26)(H4,20,21,22)/t14-/m1/s1. The summed E-state index contributed by atoms with van der Waals surface area (Å²) in [5.74, 6) is -0.810. The first-order chi connectivity index (χ1) is 13.5. The van der Waals surface area contributed by atoms with Crippen molar-refractivity contribution in [3.05, 3.63) is 35.9 Å². The first kappa shape index (κ1) is 21.7. The summed E-state index contributed by atoms with van der Waals surface area (Å²) in [6.07, 6.45) is 2.03. The van der Waals surface area contributed by atoms with Crippen LogP contribution in [0, 0.1) is 10.8 Å². The summed E-state index contributed by atoms with van der Waals surface area (Å²) in [7, 11) is -0.543. The Kier molecular flexibility index (Phi) is 8.28. The van der Waals surface area contributed by atoms with Crippen molar-refractivity contribution in [3.63, 3.8) is 0 Å². The van der Waals surface area contributed by atoms with Crippen LogP contribution in [0.4, 0.5) is 0 Å². The number of nitrogens with one attached hydrogen (secondary N) is 4. The van der Waals surface area contributed by atoms with Crippen LogP contribution >= 0.6 is 0 Å². The Morgan fingerprint density at radius 1 is 1.25 bits per heavy atom. The van der Waals surface area contributed by atoms with Crippen LogP contribution in [-0.4, -0.2) is 43.3 Å². The van der Waals surface area contributed by atoms with E-state index in [0.29, 0.717) is 38.8 Å². The van der Waals surface area contributed by atoms with Crippen LogP contribution < -0.4 is 21.7 Å². The quantitative estimate of drug-likeness (QED) is 0.0747. The molecule has 0 spiro atoms. The van der Waals surface area contributed by atoms with Crippen LogP contribution in [0.25, 0.3) is 0 Å². The number of carbonyl (C=O) groups is 2. The zero-order valence-corrected chi connectivity index (χ0v) is 15.9. The summed E-state index contributed by atoms with van der Waals surface area (Å²) in [6.45, 7) is 0.807. The Labute approximate surface area is 165 Å². The van der Waals surface area contributed by atoms with E-state index in [4.69, 9.17) is 20.8 Å². The minimum absolute atomic E-state index is 0.132. The van der Waals surface area contributed by atoms with Crippen molar-refractivity contribution in [2.75, 3.05) is 6.54 Å². The van der Waals surface area contributed by atoms with Crippen LogP contribution in [-0.2, 0) is 20.8 Å². The summed E-state index contributed by atoms with van der Waals surface area (Å²) in [5.41, 5.74) is 5.09. The molecule has 2 rings (SSSR count).